The highest BCUT2D eigenvalue weighted by molar-refractivity contribution is 7.97. The van der Waals surface area contributed by atoms with E-state index >= 15 is 0 Å². The Kier molecular flexibility index (Phi) is 7.18. The maximum atomic E-state index is 12.6. The van der Waals surface area contributed by atoms with Crippen molar-refractivity contribution >= 4 is 16.9 Å². The van der Waals surface area contributed by atoms with Gasteiger partial charge in [0.25, 0.3) is 0 Å². The lowest BCUT2D eigenvalue weighted by atomic mass is 10.1. The Morgan fingerprint density at radius 1 is 0.842 bits per heavy atom. The third kappa shape index (κ3) is 5.56. The lowest BCUT2D eigenvalue weighted by Gasteiger charge is -2.21. The third-order valence-corrected chi connectivity index (χ3v) is 8.27. The van der Waals surface area contributed by atoms with Crippen LogP contribution >= 0.6 is 0 Å². The van der Waals surface area contributed by atoms with Crippen LogP contribution in [-0.4, -0.2) is 18.2 Å². The molecule has 5 rings (SSSR count). The monoisotopic (exact) mass is 521 g/mol. The molecule has 38 heavy (non-hydrogen) atoms. The minimum atomic E-state index is -0.935. The molecule has 1 aliphatic rings. The van der Waals surface area contributed by atoms with Crippen LogP contribution in [0.3, 0.4) is 0 Å². The molecule has 4 nitrogen and oxygen atoms in total. The first kappa shape index (κ1) is 25.5. The molecule has 0 saturated heterocycles. The fourth-order valence-corrected chi connectivity index (χ4v) is 6.75. The van der Waals surface area contributed by atoms with E-state index in [4.69, 9.17) is 14.2 Å². The Hall–Kier alpha value is -4.14. The molecule has 0 aliphatic carbocycles. The van der Waals surface area contributed by atoms with Gasteiger partial charge in [0.1, 0.15) is 16.6 Å². The molecule has 0 spiro atoms. The van der Waals surface area contributed by atoms with E-state index in [0.29, 0.717) is 5.75 Å². The molecular weight excluding hydrogens is 492 g/mol. The summed E-state index contributed by atoms with van der Waals surface area (Å²) in [7, 11) is -0.319. The molecule has 0 atom stereocenters. The van der Waals surface area contributed by atoms with Gasteiger partial charge in [-0.05, 0) is 75.2 Å². The molecule has 0 fully saturated rings. The third-order valence-electron chi connectivity index (χ3n) is 6.01. The van der Waals surface area contributed by atoms with Crippen molar-refractivity contribution in [3.05, 3.63) is 108 Å². The molecule has 1 heterocycles. The highest BCUT2D eigenvalue weighted by Gasteiger charge is 2.39. The number of carbonyl (C=O) groups excluding carboxylic acids is 1. The molecule has 4 aromatic carbocycles. The molecule has 5 heteroatoms. The maximum Gasteiger partial charge on any atom is 0.345 e. The number of aryl methyl sites for hydroxylation is 2. The van der Waals surface area contributed by atoms with E-state index in [1.54, 1.807) is 13.8 Å². The van der Waals surface area contributed by atoms with Crippen LogP contribution in [-0.2, 0) is 20.4 Å². The Morgan fingerprint density at radius 2 is 1.39 bits per heavy atom. The minimum Gasteiger partial charge on any atom is -0.481 e. The van der Waals surface area contributed by atoms with Crippen molar-refractivity contribution < 1.29 is 19.0 Å². The number of hydrogen-bond acceptors (Lipinski definition) is 4. The standard InChI is InChI=1S/C33H29O4S/c1-23-20-26(38-29-16-10-8-14-27(29)36-28-15-9-11-17-30(28)38)21-24(2)32(23)35-22-31(34)37-33(3,4)19-18-25-12-6-5-7-13-25/h5-17,20-21H,22H2,1-4H3/q+1. The molecule has 190 valence electrons. The van der Waals surface area contributed by atoms with Gasteiger partial charge in [0.15, 0.2) is 28.6 Å². The largest absolute Gasteiger partial charge is 0.481 e. The second-order valence-corrected chi connectivity index (χ2v) is 11.5. The fourth-order valence-electron chi connectivity index (χ4n) is 4.37. The predicted octanol–water partition coefficient (Wildman–Crippen LogP) is 7.26. The van der Waals surface area contributed by atoms with E-state index < -0.39 is 11.6 Å². The summed E-state index contributed by atoms with van der Waals surface area (Å²) < 4.78 is 17.8. The van der Waals surface area contributed by atoms with Gasteiger partial charge in [-0.1, -0.05) is 54.3 Å². The van der Waals surface area contributed by atoms with Crippen molar-refractivity contribution in [2.75, 3.05) is 6.61 Å². The van der Waals surface area contributed by atoms with Gasteiger partial charge in [-0.15, -0.1) is 0 Å². The molecule has 0 amide bonds. The van der Waals surface area contributed by atoms with Crippen molar-refractivity contribution in [3.63, 3.8) is 0 Å². The minimum absolute atomic E-state index is 0.192. The summed E-state index contributed by atoms with van der Waals surface area (Å²) >= 11 is 0. The summed E-state index contributed by atoms with van der Waals surface area (Å²) in [5.41, 5.74) is 1.86. The van der Waals surface area contributed by atoms with Crippen LogP contribution < -0.4 is 9.47 Å². The summed E-state index contributed by atoms with van der Waals surface area (Å²) in [5.74, 6) is 8.08. The number of hydrogen-bond donors (Lipinski definition) is 0. The number of carbonyl (C=O) groups is 1. The van der Waals surface area contributed by atoms with Crippen molar-refractivity contribution in [1.82, 2.24) is 0 Å². The Bertz CT molecular complexity index is 1480. The highest BCUT2D eigenvalue weighted by Crippen LogP contribution is 2.47. The first-order chi connectivity index (χ1) is 18.3. The lowest BCUT2D eigenvalue weighted by Crippen LogP contribution is -2.29. The first-order valence-corrected chi connectivity index (χ1v) is 13.7. The molecule has 0 radical (unpaired) electrons. The first-order valence-electron chi connectivity index (χ1n) is 12.4. The van der Waals surface area contributed by atoms with Gasteiger partial charge in [-0.25, -0.2) is 4.79 Å². The number of ether oxygens (including phenoxy) is 3. The van der Waals surface area contributed by atoms with Crippen LogP contribution in [0.4, 0.5) is 0 Å². The maximum absolute atomic E-state index is 12.6. The summed E-state index contributed by atoms with van der Waals surface area (Å²) in [6, 6.07) is 30.3. The van der Waals surface area contributed by atoms with E-state index in [1.807, 2.05) is 80.6 Å². The van der Waals surface area contributed by atoms with Gasteiger partial charge >= 0.3 is 5.97 Å². The number of benzene rings is 4. The smallest absolute Gasteiger partial charge is 0.345 e. The van der Waals surface area contributed by atoms with Crippen molar-refractivity contribution in [1.29, 1.82) is 0 Å². The summed E-state index contributed by atoms with van der Waals surface area (Å²) in [5, 5.41) is 0. The predicted molar refractivity (Wildman–Crippen MR) is 150 cm³/mol. The topological polar surface area (TPSA) is 44.8 Å². The Labute approximate surface area is 226 Å². The van der Waals surface area contributed by atoms with E-state index in [-0.39, 0.29) is 17.5 Å². The highest BCUT2D eigenvalue weighted by atomic mass is 32.2. The van der Waals surface area contributed by atoms with E-state index in [9.17, 15) is 4.79 Å². The average Bonchev–Trinajstić information content (AvgIpc) is 2.90. The van der Waals surface area contributed by atoms with E-state index in [2.05, 4.69) is 36.1 Å². The molecule has 0 N–H and O–H groups in total. The normalized spacial score (nSPS) is 12.3. The summed E-state index contributed by atoms with van der Waals surface area (Å²) in [6.45, 7) is 7.37. The molecule has 0 unspecified atom stereocenters. The Morgan fingerprint density at radius 3 is 2.00 bits per heavy atom. The fraction of sp³-hybridized carbons (Fsp3) is 0.182. The van der Waals surface area contributed by atoms with Gasteiger partial charge < -0.3 is 14.2 Å². The van der Waals surface area contributed by atoms with Crippen LogP contribution in [0, 0.1) is 25.7 Å². The number of para-hydroxylation sites is 2. The SMILES string of the molecule is Cc1cc([S+]2c3ccccc3Oc3ccccc32)cc(C)c1OCC(=O)OC(C)(C)C#Cc1ccccc1. The van der Waals surface area contributed by atoms with Gasteiger partial charge in [-0.2, -0.15) is 0 Å². The molecule has 0 aromatic heterocycles. The van der Waals surface area contributed by atoms with Gasteiger partial charge in [0.05, 0.1) is 0 Å². The molecule has 0 bridgehead atoms. The van der Waals surface area contributed by atoms with E-state index in [0.717, 1.165) is 38.0 Å². The van der Waals surface area contributed by atoms with E-state index in [1.165, 1.54) is 4.90 Å². The molecular formula is C33H29O4S+. The van der Waals surface area contributed by atoms with Crippen LogP contribution in [0.2, 0.25) is 0 Å². The quantitative estimate of drug-likeness (QED) is 0.139. The summed E-state index contributed by atoms with van der Waals surface area (Å²) in [4.78, 5) is 16.1. The van der Waals surface area contributed by atoms with Gasteiger partial charge in [0.2, 0.25) is 9.79 Å². The molecule has 4 aromatic rings. The van der Waals surface area contributed by atoms with Crippen LogP contribution in [0.1, 0.15) is 30.5 Å². The van der Waals surface area contributed by atoms with Crippen molar-refractivity contribution in [2.24, 2.45) is 0 Å². The Balaban J connectivity index is 1.33. The second-order valence-electron chi connectivity index (χ2n) is 9.58. The lowest BCUT2D eigenvalue weighted by molar-refractivity contribution is -0.154. The number of rotatable bonds is 5. The van der Waals surface area contributed by atoms with Gasteiger partial charge in [-0.3, -0.25) is 0 Å². The second kappa shape index (κ2) is 10.7. The molecule has 0 saturated carbocycles. The zero-order chi connectivity index (χ0) is 26.7. The molecule has 1 aliphatic heterocycles. The van der Waals surface area contributed by atoms with Crippen LogP contribution in [0.15, 0.2) is 106 Å². The summed E-state index contributed by atoms with van der Waals surface area (Å²) in [6.07, 6.45) is 0. The average molecular weight is 522 g/mol. The zero-order valence-corrected chi connectivity index (χ0v) is 22.7. The van der Waals surface area contributed by atoms with Crippen LogP contribution in [0.25, 0.3) is 0 Å². The number of esters is 1. The van der Waals surface area contributed by atoms with Crippen LogP contribution in [0.5, 0.6) is 17.2 Å². The number of fused-ring (bicyclic) bond motifs is 2. The van der Waals surface area contributed by atoms with Crippen molar-refractivity contribution in [3.8, 4) is 29.1 Å². The zero-order valence-electron chi connectivity index (χ0n) is 21.9. The van der Waals surface area contributed by atoms with Gasteiger partial charge in [0, 0.05) is 17.7 Å². The van der Waals surface area contributed by atoms with Crippen molar-refractivity contribution in [2.45, 2.75) is 48.0 Å².